The van der Waals surface area contributed by atoms with Crippen LogP contribution in [0.2, 0.25) is 0 Å². The van der Waals surface area contributed by atoms with Crippen molar-refractivity contribution in [3.8, 4) is 0 Å². The summed E-state index contributed by atoms with van der Waals surface area (Å²) in [6.45, 7) is 5.14. The Morgan fingerprint density at radius 2 is 2.21 bits per heavy atom. The van der Waals surface area contributed by atoms with E-state index in [0.717, 1.165) is 32.2 Å². The number of carbonyl (C=O) groups is 1. The highest BCUT2D eigenvalue weighted by atomic mass is 16.1. The second-order valence-electron chi connectivity index (χ2n) is 4.74. The van der Waals surface area contributed by atoms with E-state index in [0.29, 0.717) is 5.92 Å². The zero-order chi connectivity index (χ0) is 10.6. The number of hydrogen-bond acceptors (Lipinski definition) is 2. The lowest BCUT2D eigenvalue weighted by Gasteiger charge is -2.11. The Balaban J connectivity index is 2.15. The summed E-state index contributed by atoms with van der Waals surface area (Å²) in [6, 6.07) is 0.246. The van der Waals surface area contributed by atoms with Gasteiger partial charge in [-0.25, -0.2) is 0 Å². The van der Waals surface area contributed by atoms with Gasteiger partial charge < -0.3 is 11.1 Å². The molecule has 14 heavy (non-hydrogen) atoms. The Bertz CT molecular complexity index is 192. The maximum absolute atomic E-state index is 11.6. The molecule has 1 fully saturated rings. The number of nitrogens with two attached hydrogens (primary N) is 1. The van der Waals surface area contributed by atoms with Gasteiger partial charge in [-0.15, -0.1) is 0 Å². The van der Waals surface area contributed by atoms with E-state index in [4.69, 9.17) is 5.73 Å². The maximum Gasteiger partial charge on any atom is 0.223 e. The van der Waals surface area contributed by atoms with Gasteiger partial charge in [-0.2, -0.15) is 0 Å². The first-order valence-electron chi connectivity index (χ1n) is 5.63. The molecule has 0 saturated heterocycles. The minimum absolute atomic E-state index is 0.178. The molecule has 0 aliphatic heterocycles. The van der Waals surface area contributed by atoms with Crippen molar-refractivity contribution in [2.24, 2.45) is 17.6 Å². The molecule has 1 rings (SSSR count). The third-order valence-electron chi connectivity index (χ3n) is 2.86. The number of nitrogens with one attached hydrogen (secondary N) is 1. The molecule has 0 spiro atoms. The zero-order valence-corrected chi connectivity index (χ0v) is 9.25. The molecule has 0 aromatic heterocycles. The van der Waals surface area contributed by atoms with Crippen LogP contribution >= 0.6 is 0 Å². The molecule has 1 aliphatic rings. The van der Waals surface area contributed by atoms with E-state index < -0.39 is 0 Å². The molecule has 0 heterocycles. The summed E-state index contributed by atoms with van der Waals surface area (Å²) in [6.07, 6.45) is 3.90. The summed E-state index contributed by atoms with van der Waals surface area (Å²) < 4.78 is 0. The van der Waals surface area contributed by atoms with Crippen molar-refractivity contribution in [1.82, 2.24) is 5.32 Å². The molecule has 82 valence electrons. The third kappa shape index (κ3) is 3.66. The van der Waals surface area contributed by atoms with E-state index in [1.807, 2.05) is 0 Å². The maximum atomic E-state index is 11.6. The summed E-state index contributed by atoms with van der Waals surface area (Å²) in [5.41, 5.74) is 5.76. The van der Waals surface area contributed by atoms with Crippen LogP contribution in [0, 0.1) is 11.8 Å². The van der Waals surface area contributed by atoms with Crippen LogP contribution in [0.1, 0.15) is 39.5 Å². The fourth-order valence-corrected chi connectivity index (χ4v) is 1.88. The van der Waals surface area contributed by atoms with Crippen LogP contribution in [0.3, 0.4) is 0 Å². The average Bonchev–Trinajstić information content (AvgIpc) is 2.51. The van der Waals surface area contributed by atoms with E-state index in [9.17, 15) is 4.79 Å². The highest BCUT2D eigenvalue weighted by Crippen LogP contribution is 2.23. The van der Waals surface area contributed by atoms with Crippen molar-refractivity contribution < 1.29 is 4.79 Å². The molecule has 3 N–H and O–H groups in total. The van der Waals surface area contributed by atoms with Gasteiger partial charge in [-0.05, 0) is 31.6 Å². The predicted molar refractivity (Wildman–Crippen MR) is 57.8 cm³/mol. The number of rotatable bonds is 4. The number of carbonyl (C=O) groups excluding carboxylic acids is 1. The van der Waals surface area contributed by atoms with Crippen molar-refractivity contribution in [3.63, 3.8) is 0 Å². The standard InChI is InChI=1S/C11H22N2O/c1-8(2)5-6-13-11(14)9-3-4-10(12)7-9/h8-10H,3-7,12H2,1-2H3,(H,13,14). The summed E-state index contributed by atoms with van der Waals surface area (Å²) >= 11 is 0. The van der Waals surface area contributed by atoms with Crippen molar-refractivity contribution in [2.75, 3.05) is 6.54 Å². The Morgan fingerprint density at radius 3 is 2.71 bits per heavy atom. The van der Waals surface area contributed by atoms with Gasteiger partial charge in [0.15, 0.2) is 0 Å². The van der Waals surface area contributed by atoms with E-state index >= 15 is 0 Å². The van der Waals surface area contributed by atoms with Crippen LogP contribution in [-0.4, -0.2) is 18.5 Å². The highest BCUT2D eigenvalue weighted by Gasteiger charge is 2.27. The van der Waals surface area contributed by atoms with Gasteiger partial charge in [-0.3, -0.25) is 4.79 Å². The molecular formula is C11H22N2O. The van der Waals surface area contributed by atoms with Gasteiger partial charge in [0.2, 0.25) is 5.91 Å². The average molecular weight is 198 g/mol. The molecule has 3 nitrogen and oxygen atoms in total. The lowest BCUT2D eigenvalue weighted by molar-refractivity contribution is -0.124. The van der Waals surface area contributed by atoms with E-state index in [1.165, 1.54) is 0 Å². The van der Waals surface area contributed by atoms with Gasteiger partial charge in [0.1, 0.15) is 0 Å². The van der Waals surface area contributed by atoms with Gasteiger partial charge in [0, 0.05) is 18.5 Å². The van der Waals surface area contributed by atoms with Crippen molar-refractivity contribution in [2.45, 2.75) is 45.6 Å². The molecule has 2 atom stereocenters. The smallest absolute Gasteiger partial charge is 0.223 e. The predicted octanol–water partition coefficient (Wildman–Crippen LogP) is 1.28. The molecule has 2 unspecified atom stereocenters. The molecule has 1 amide bonds. The van der Waals surface area contributed by atoms with E-state index in [-0.39, 0.29) is 17.9 Å². The van der Waals surface area contributed by atoms with Crippen LogP contribution < -0.4 is 11.1 Å². The Morgan fingerprint density at radius 1 is 1.50 bits per heavy atom. The molecule has 0 bridgehead atoms. The van der Waals surface area contributed by atoms with Crippen LogP contribution in [0.5, 0.6) is 0 Å². The molecule has 1 aliphatic carbocycles. The SMILES string of the molecule is CC(C)CCNC(=O)C1CCC(N)C1. The summed E-state index contributed by atoms with van der Waals surface area (Å²) in [5.74, 6) is 1.04. The number of amides is 1. The highest BCUT2D eigenvalue weighted by molar-refractivity contribution is 5.78. The van der Waals surface area contributed by atoms with Crippen LogP contribution in [0.25, 0.3) is 0 Å². The van der Waals surface area contributed by atoms with Crippen LogP contribution in [0.4, 0.5) is 0 Å². The van der Waals surface area contributed by atoms with Crippen molar-refractivity contribution in [1.29, 1.82) is 0 Å². The first-order chi connectivity index (χ1) is 6.59. The fourth-order valence-electron chi connectivity index (χ4n) is 1.88. The first-order valence-corrected chi connectivity index (χ1v) is 5.63. The van der Waals surface area contributed by atoms with Crippen molar-refractivity contribution in [3.05, 3.63) is 0 Å². The normalized spacial score (nSPS) is 26.9. The van der Waals surface area contributed by atoms with Crippen LogP contribution in [-0.2, 0) is 4.79 Å². The first kappa shape index (κ1) is 11.5. The molecule has 0 aromatic rings. The van der Waals surface area contributed by atoms with E-state index in [2.05, 4.69) is 19.2 Å². The second kappa shape index (κ2) is 5.35. The number of hydrogen-bond donors (Lipinski definition) is 2. The van der Waals surface area contributed by atoms with Gasteiger partial charge in [0.25, 0.3) is 0 Å². The minimum Gasteiger partial charge on any atom is -0.356 e. The van der Waals surface area contributed by atoms with Crippen LogP contribution in [0.15, 0.2) is 0 Å². The largest absolute Gasteiger partial charge is 0.356 e. The zero-order valence-electron chi connectivity index (χ0n) is 9.25. The fraction of sp³-hybridized carbons (Fsp3) is 0.909. The Hall–Kier alpha value is -0.570. The molecule has 0 aromatic carbocycles. The second-order valence-corrected chi connectivity index (χ2v) is 4.74. The van der Waals surface area contributed by atoms with E-state index in [1.54, 1.807) is 0 Å². The van der Waals surface area contributed by atoms with Gasteiger partial charge in [0.05, 0.1) is 0 Å². The lowest BCUT2D eigenvalue weighted by atomic mass is 10.1. The molecule has 3 heteroatoms. The Labute approximate surface area is 86.4 Å². The summed E-state index contributed by atoms with van der Waals surface area (Å²) in [5, 5.41) is 2.98. The Kier molecular flexibility index (Phi) is 4.39. The lowest BCUT2D eigenvalue weighted by Crippen LogP contribution is -2.31. The third-order valence-corrected chi connectivity index (χ3v) is 2.86. The van der Waals surface area contributed by atoms with Crippen molar-refractivity contribution >= 4 is 5.91 Å². The summed E-state index contributed by atoms with van der Waals surface area (Å²) in [4.78, 5) is 11.6. The topological polar surface area (TPSA) is 55.1 Å². The molecule has 0 radical (unpaired) electrons. The monoisotopic (exact) mass is 198 g/mol. The minimum atomic E-state index is 0.178. The van der Waals surface area contributed by atoms with Gasteiger partial charge in [-0.1, -0.05) is 13.8 Å². The molecular weight excluding hydrogens is 176 g/mol. The quantitative estimate of drug-likeness (QED) is 0.715. The summed E-state index contributed by atoms with van der Waals surface area (Å²) in [7, 11) is 0. The molecule has 1 saturated carbocycles. The van der Waals surface area contributed by atoms with Gasteiger partial charge >= 0.3 is 0 Å².